The fraction of sp³-hybridized carbons (Fsp3) is 0.375. The minimum Gasteiger partial charge on any atom is -0.465 e. The van der Waals surface area contributed by atoms with Gasteiger partial charge in [0.1, 0.15) is 12.7 Å². The third kappa shape index (κ3) is 2.12. The van der Waals surface area contributed by atoms with Crippen molar-refractivity contribution in [1.29, 1.82) is 0 Å². The molecule has 2 aliphatic rings. The summed E-state index contributed by atoms with van der Waals surface area (Å²) < 4.78 is 16.0. The van der Waals surface area contributed by atoms with Crippen molar-refractivity contribution in [1.82, 2.24) is 0 Å². The lowest BCUT2D eigenvalue weighted by Gasteiger charge is -2.32. The highest BCUT2D eigenvalue weighted by molar-refractivity contribution is 6.30. The number of ether oxygens (including phenoxy) is 3. The molecule has 1 aromatic carbocycles. The zero-order chi connectivity index (χ0) is 15.7. The van der Waals surface area contributed by atoms with E-state index in [1.54, 1.807) is 37.3 Å². The number of benzene rings is 1. The van der Waals surface area contributed by atoms with E-state index >= 15 is 0 Å². The topological polar surface area (TPSA) is 61.8 Å². The van der Waals surface area contributed by atoms with Gasteiger partial charge in [-0.3, -0.25) is 9.59 Å². The third-order valence-electron chi connectivity index (χ3n) is 3.94. The van der Waals surface area contributed by atoms with E-state index in [9.17, 15) is 9.59 Å². The number of hydrogen-bond acceptors (Lipinski definition) is 5. The molecule has 5 nitrogen and oxygen atoms in total. The van der Waals surface area contributed by atoms with Crippen LogP contribution < -0.4 is 0 Å². The summed E-state index contributed by atoms with van der Waals surface area (Å²) in [5.74, 6) is -1.26. The van der Waals surface area contributed by atoms with Crippen LogP contribution in [0.25, 0.3) is 0 Å². The van der Waals surface area contributed by atoms with E-state index in [4.69, 9.17) is 25.8 Å². The van der Waals surface area contributed by atoms with Gasteiger partial charge < -0.3 is 14.2 Å². The number of fused-ring (bicyclic) bond motifs is 1. The fourth-order valence-electron chi connectivity index (χ4n) is 2.92. The molecule has 0 aromatic heterocycles. The zero-order valence-corrected chi connectivity index (χ0v) is 12.8. The maximum Gasteiger partial charge on any atom is 0.331 e. The van der Waals surface area contributed by atoms with E-state index in [1.807, 2.05) is 0 Å². The molecule has 2 aliphatic heterocycles. The molecule has 1 fully saturated rings. The quantitative estimate of drug-likeness (QED) is 0.486. The van der Waals surface area contributed by atoms with Crippen LogP contribution in [0, 0.1) is 5.41 Å². The van der Waals surface area contributed by atoms with Gasteiger partial charge in [0.15, 0.2) is 0 Å². The van der Waals surface area contributed by atoms with Crippen LogP contribution >= 0.6 is 11.6 Å². The van der Waals surface area contributed by atoms with E-state index in [1.165, 1.54) is 0 Å². The van der Waals surface area contributed by atoms with Crippen molar-refractivity contribution in [2.45, 2.75) is 13.0 Å². The molecule has 22 heavy (non-hydrogen) atoms. The molecule has 0 N–H and O–H groups in total. The fourth-order valence-corrected chi connectivity index (χ4v) is 3.05. The molecule has 1 aromatic rings. The van der Waals surface area contributed by atoms with E-state index in [0.29, 0.717) is 16.2 Å². The maximum atomic E-state index is 12.6. The highest BCUT2D eigenvalue weighted by Crippen LogP contribution is 2.51. The lowest BCUT2D eigenvalue weighted by atomic mass is 9.73. The first kappa shape index (κ1) is 15.1. The standard InChI is InChI=1S/C16H15ClO5/c1-2-20-14(18)16-11(7-8-21-15(16)19)9-22-13(16)10-3-5-12(17)6-4-10/h3-7,13H,2,8-9H2,1H3. The molecule has 0 amide bonds. The summed E-state index contributed by atoms with van der Waals surface area (Å²) in [7, 11) is 0. The van der Waals surface area contributed by atoms with Gasteiger partial charge in [0.25, 0.3) is 0 Å². The van der Waals surface area contributed by atoms with Gasteiger partial charge in [-0.25, -0.2) is 0 Å². The normalized spacial score (nSPS) is 26.9. The second kappa shape index (κ2) is 5.74. The van der Waals surface area contributed by atoms with Crippen molar-refractivity contribution < 1.29 is 23.8 Å². The number of cyclic esters (lactones) is 1. The lowest BCUT2D eigenvalue weighted by Crippen LogP contribution is -2.47. The Morgan fingerprint density at radius 2 is 2.14 bits per heavy atom. The summed E-state index contributed by atoms with van der Waals surface area (Å²) in [6.07, 6.45) is 0.941. The summed E-state index contributed by atoms with van der Waals surface area (Å²) in [4.78, 5) is 25.1. The van der Waals surface area contributed by atoms with Gasteiger partial charge in [-0.1, -0.05) is 23.7 Å². The molecule has 0 spiro atoms. The van der Waals surface area contributed by atoms with Crippen molar-refractivity contribution in [3.63, 3.8) is 0 Å². The van der Waals surface area contributed by atoms with Crippen molar-refractivity contribution >= 4 is 23.5 Å². The second-order valence-electron chi connectivity index (χ2n) is 5.10. The van der Waals surface area contributed by atoms with Crippen LogP contribution in [0.4, 0.5) is 0 Å². The van der Waals surface area contributed by atoms with Crippen molar-refractivity contribution in [3.8, 4) is 0 Å². The Bertz CT molecular complexity index is 636. The largest absolute Gasteiger partial charge is 0.465 e. The van der Waals surface area contributed by atoms with E-state index in [0.717, 1.165) is 0 Å². The number of carbonyl (C=O) groups excluding carboxylic acids is 2. The van der Waals surface area contributed by atoms with Gasteiger partial charge in [0.2, 0.25) is 5.41 Å². The van der Waals surface area contributed by atoms with Gasteiger partial charge in [-0.2, -0.15) is 0 Å². The Balaban J connectivity index is 2.11. The number of hydrogen-bond donors (Lipinski definition) is 0. The van der Waals surface area contributed by atoms with Crippen LogP contribution in [-0.2, 0) is 23.8 Å². The van der Waals surface area contributed by atoms with Gasteiger partial charge in [-0.05, 0) is 36.3 Å². The van der Waals surface area contributed by atoms with Crippen LogP contribution in [0.1, 0.15) is 18.6 Å². The number of rotatable bonds is 3. The third-order valence-corrected chi connectivity index (χ3v) is 4.19. The molecule has 116 valence electrons. The predicted molar refractivity (Wildman–Crippen MR) is 78.3 cm³/mol. The minimum absolute atomic E-state index is 0.145. The molecule has 2 unspecified atom stereocenters. The maximum absolute atomic E-state index is 12.6. The first-order valence-corrected chi connectivity index (χ1v) is 7.39. The molecule has 2 heterocycles. The first-order chi connectivity index (χ1) is 10.6. The molecule has 0 aliphatic carbocycles. The molecular formula is C16H15ClO5. The van der Waals surface area contributed by atoms with Crippen molar-refractivity contribution in [2.75, 3.05) is 19.8 Å². The van der Waals surface area contributed by atoms with Gasteiger partial charge in [0, 0.05) is 5.02 Å². The molecule has 6 heteroatoms. The van der Waals surface area contributed by atoms with Crippen LogP contribution in [0.2, 0.25) is 5.02 Å². The Labute approximate surface area is 132 Å². The van der Waals surface area contributed by atoms with Gasteiger partial charge >= 0.3 is 11.9 Å². The molecular weight excluding hydrogens is 308 g/mol. The summed E-state index contributed by atoms with van der Waals surface area (Å²) in [6.45, 7) is 2.21. The molecule has 0 bridgehead atoms. The molecule has 0 saturated carbocycles. The highest BCUT2D eigenvalue weighted by atomic mass is 35.5. The first-order valence-electron chi connectivity index (χ1n) is 7.01. The number of carbonyl (C=O) groups is 2. The highest BCUT2D eigenvalue weighted by Gasteiger charge is 2.63. The van der Waals surface area contributed by atoms with Gasteiger partial charge in [-0.15, -0.1) is 0 Å². The Morgan fingerprint density at radius 1 is 1.41 bits per heavy atom. The summed E-state index contributed by atoms with van der Waals surface area (Å²) in [5, 5.41) is 0.564. The molecule has 2 atom stereocenters. The monoisotopic (exact) mass is 322 g/mol. The van der Waals surface area contributed by atoms with E-state index < -0.39 is 23.5 Å². The Hall–Kier alpha value is -1.85. The summed E-state index contributed by atoms with van der Waals surface area (Å²) in [6, 6.07) is 6.85. The Kier molecular flexibility index (Phi) is 3.93. The van der Waals surface area contributed by atoms with Gasteiger partial charge in [0.05, 0.1) is 13.2 Å². The zero-order valence-electron chi connectivity index (χ0n) is 12.0. The summed E-state index contributed by atoms with van der Waals surface area (Å²) in [5.41, 5.74) is -0.274. The molecule has 3 rings (SSSR count). The van der Waals surface area contributed by atoms with Crippen LogP contribution in [0.3, 0.4) is 0 Å². The van der Waals surface area contributed by atoms with Crippen molar-refractivity contribution in [2.24, 2.45) is 5.41 Å². The number of esters is 2. The minimum atomic E-state index is -1.55. The predicted octanol–water partition coefficient (Wildman–Crippen LogP) is 2.44. The SMILES string of the molecule is CCOC(=O)C12C(=O)OCC=C1COC2c1ccc(Cl)cc1. The number of halogens is 1. The second-order valence-corrected chi connectivity index (χ2v) is 5.54. The smallest absolute Gasteiger partial charge is 0.331 e. The lowest BCUT2D eigenvalue weighted by molar-refractivity contribution is -0.174. The van der Waals surface area contributed by atoms with E-state index in [-0.39, 0.29) is 19.8 Å². The average molecular weight is 323 g/mol. The average Bonchev–Trinajstić information content (AvgIpc) is 2.90. The summed E-state index contributed by atoms with van der Waals surface area (Å²) >= 11 is 5.90. The molecule has 1 saturated heterocycles. The Morgan fingerprint density at radius 3 is 2.82 bits per heavy atom. The molecule has 0 radical (unpaired) electrons. The van der Waals surface area contributed by atoms with Crippen LogP contribution in [-0.4, -0.2) is 31.8 Å². The van der Waals surface area contributed by atoms with E-state index in [2.05, 4.69) is 0 Å². The van der Waals surface area contributed by atoms with Crippen molar-refractivity contribution in [3.05, 3.63) is 46.5 Å². The van der Waals surface area contributed by atoms with Crippen LogP contribution in [0.5, 0.6) is 0 Å². The van der Waals surface area contributed by atoms with Crippen LogP contribution in [0.15, 0.2) is 35.9 Å².